The van der Waals surface area contributed by atoms with Crippen LogP contribution in [0.2, 0.25) is 0 Å². The van der Waals surface area contributed by atoms with E-state index in [0.29, 0.717) is 5.92 Å². The van der Waals surface area contributed by atoms with Crippen LogP contribution in [0.1, 0.15) is 32.4 Å². The fourth-order valence-corrected chi connectivity index (χ4v) is 1.68. The molecule has 0 aliphatic carbocycles. The van der Waals surface area contributed by atoms with Gasteiger partial charge in [-0.3, -0.25) is 0 Å². The van der Waals surface area contributed by atoms with Crippen LogP contribution in [0.25, 0.3) is 0 Å². The molecule has 0 saturated carbocycles. The van der Waals surface area contributed by atoms with Gasteiger partial charge in [-0.15, -0.1) is 0 Å². The Morgan fingerprint density at radius 1 is 1.17 bits per heavy atom. The number of likely N-dealkylation sites (N-methyl/N-ethyl adjacent to an activating group) is 1. The Morgan fingerprint density at radius 3 is 2.33 bits per heavy atom. The lowest BCUT2D eigenvalue weighted by Gasteiger charge is -2.20. The summed E-state index contributed by atoms with van der Waals surface area (Å²) >= 11 is 0. The smallest absolute Gasteiger partial charge is 0.118 e. The Hall–Kier alpha value is -1.06. The van der Waals surface area contributed by atoms with Crippen LogP contribution in [0.15, 0.2) is 24.3 Å². The van der Waals surface area contributed by atoms with Gasteiger partial charge in [-0.2, -0.15) is 0 Å². The average molecular weight is 251 g/mol. The molecule has 0 fully saturated rings. The fourth-order valence-electron chi connectivity index (χ4n) is 1.68. The van der Waals surface area contributed by atoms with Crippen LogP contribution in [0.4, 0.5) is 0 Å². The normalized spacial score (nSPS) is 12.7. The van der Waals surface area contributed by atoms with Gasteiger partial charge >= 0.3 is 0 Å². The molecule has 3 heteroatoms. The highest BCUT2D eigenvalue weighted by Gasteiger charge is 2.12. The lowest BCUT2D eigenvalue weighted by molar-refractivity contribution is 0.0354. The first-order chi connectivity index (χ1) is 8.67. The van der Waals surface area contributed by atoms with Crippen molar-refractivity contribution in [1.29, 1.82) is 0 Å². The van der Waals surface area contributed by atoms with Crippen LogP contribution in [0.5, 0.6) is 5.75 Å². The quantitative estimate of drug-likeness (QED) is 0.770. The molecular weight excluding hydrogens is 226 g/mol. The fraction of sp³-hybridized carbons (Fsp3) is 0.600. The summed E-state index contributed by atoms with van der Waals surface area (Å²) in [7, 11) is 1.68. The third-order valence-electron chi connectivity index (χ3n) is 2.70. The predicted molar refractivity (Wildman–Crippen MR) is 75.1 cm³/mol. The zero-order valence-corrected chi connectivity index (χ0v) is 11.9. The van der Waals surface area contributed by atoms with Crippen molar-refractivity contribution < 1.29 is 9.47 Å². The first-order valence-electron chi connectivity index (χ1n) is 6.63. The second-order valence-electron chi connectivity index (χ2n) is 4.80. The van der Waals surface area contributed by atoms with Crippen molar-refractivity contribution in [3.8, 4) is 5.75 Å². The predicted octanol–water partition coefficient (Wildman–Crippen LogP) is 3.02. The summed E-state index contributed by atoms with van der Waals surface area (Å²) in [5.41, 5.74) is 1.19. The largest absolute Gasteiger partial charge is 0.497 e. The van der Waals surface area contributed by atoms with E-state index in [9.17, 15) is 0 Å². The Bertz CT molecular complexity index is 322. The first-order valence-corrected chi connectivity index (χ1v) is 6.63. The number of hydrogen-bond donors (Lipinski definition) is 1. The van der Waals surface area contributed by atoms with Gasteiger partial charge in [-0.05, 0) is 30.2 Å². The monoisotopic (exact) mass is 251 g/mol. The van der Waals surface area contributed by atoms with E-state index < -0.39 is 0 Å². The van der Waals surface area contributed by atoms with E-state index in [0.717, 1.165) is 25.4 Å². The van der Waals surface area contributed by atoms with E-state index >= 15 is 0 Å². The summed E-state index contributed by atoms with van der Waals surface area (Å²) in [6, 6.07) is 8.10. The minimum atomic E-state index is 0.109. The molecule has 0 spiro atoms. The maximum Gasteiger partial charge on any atom is 0.118 e. The minimum absolute atomic E-state index is 0.109. The van der Waals surface area contributed by atoms with Gasteiger partial charge in [0, 0.05) is 13.2 Å². The highest BCUT2D eigenvalue weighted by atomic mass is 16.5. The van der Waals surface area contributed by atoms with E-state index in [2.05, 4.69) is 38.2 Å². The molecule has 1 atom stereocenters. The summed E-state index contributed by atoms with van der Waals surface area (Å²) < 4.78 is 11.1. The van der Waals surface area contributed by atoms with Crippen molar-refractivity contribution in [2.75, 3.05) is 26.8 Å². The van der Waals surface area contributed by atoms with Crippen molar-refractivity contribution in [1.82, 2.24) is 5.32 Å². The van der Waals surface area contributed by atoms with Crippen molar-refractivity contribution >= 4 is 0 Å². The molecule has 102 valence electrons. The second kappa shape index (κ2) is 8.11. The third kappa shape index (κ3) is 5.07. The van der Waals surface area contributed by atoms with E-state index in [-0.39, 0.29) is 6.10 Å². The molecule has 1 aromatic rings. The molecule has 0 aliphatic rings. The second-order valence-corrected chi connectivity index (χ2v) is 4.80. The summed E-state index contributed by atoms with van der Waals surface area (Å²) in [5.74, 6) is 1.43. The Labute approximate surface area is 110 Å². The molecule has 18 heavy (non-hydrogen) atoms. The standard InChI is InChI=1S/C15H25NO2/c1-5-16-10-15(18-11-12(2)3)13-6-8-14(17-4)9-7-13/h6-9,12,15-16H,5,10-11H2,1-4H3. The molecule has 0 bridgehead atoms. The maximum atomic E-state index is 5.96. The Kier molecular flexibility index (Phi) is 6.76. The van der Waals surface area contributed by atoms with Gasteiger partial charge in [0.1, 0.15) is 5.75 Å². The zero-order valence-electron chi connectivity index (χ0n) is 11.9. The summed E-state index contributed by atoms with van der Waals surface area (Å²) in [4.78, 5) is 0. The molecule has 0 amide bonds. The van der Waals surface area contributed by atoms with Gasteiger partial charge in [0.05, 0.1) is 13.2 Å². The average Bonchev–Trinajstić information content (AvgIpc) is 2.39. The van der Waals surface area contributed by atoms with Crippen LogP contribution in [0.3, 0.4) is 0 Å². The molecule has 1 rings (SSSR count). The van der Waals surface area contributed by atoms with Gasteiger partial charge < -0.3 is 14.8 Å². The van der Waals surface area contributed by atoms with Crippen molar-refractivity contribution in [2.24, 2.45) is 5.92 Å². The third-order valence-corrected chi connectivity index (χ3v) is 2.70. The van der Waals surface area contributed by atoms with Crippen molar-refractivity contribution in [3.05, 3.63) is 29.8 Å². The van der Waals surface area contributed by atoms with E-state index in [1.54, 1.807) is 7.11 Å². The molecule has 1 N–H and O–H groups in total. The van der Waals surface area contributed by atoms with Crippen molar-refractivity contribution in [3.63, 3.8) is 0 Å². The molecule has 1 aromatic carbocycles. The lowest BCUT2D eigenvalue weighted by atomic mass is 10.1. The maximum absolute atomic E-state index is 5.96. The van der Waals surface area contributed by atoms with Gasteiger partial charge in [-0.1, -0.05) is 32.9 Å². The van der Waals surface area contributed by atoms with Gasteiger partial charge in [0.2, 0.25) is 0 Å². The molecule has 0 radical (unpaired) electrons. The number of rotatable bonds is 8. The highest BCUT2D eigenvalue weighted by molar-refractivity contribution is 5.28. The molecule has 1 unspecified atom stereocenters. The van der Waals surface area contributed by atoms with Crippen LogP contribution >= 0.6 is 0 Å². The van der Waals surface area contributed by atoms with Gasteiger partial charge in [0.25, 0.3) is 0 Å². The molecule has 0 heterocycles. The Morgan fingerprint density at radius 2 is 1.83 bits per heavy atom. The SMILES string of the molecule is CCNCC(OCC(C)C)c1ccc(OC)cc1. The summed E-state index contributed by atoms with van der Waals surface area (Å²) in [6.07, 6.45) is 0.109. The van der Waals surface area contributed by atoms with Crippen molar-refractivity contribution in [2.45, 2.75) is 26.9 Å². The van der Waals surface area contributed by atoms with E-state index in [1.807, 2.05) is 12.1 Å². The van der Waals surface area contributed by atoms with Gasteiger partial charge in [-0.25, -0.2) is 0 Å². The molecular formula is C15H25NO2. The van der Waals surface area contributed by atoms with Crippen LogP contribution in [0, 0.1) is 5.92 Å². The topological polar surface area (TPSA) is 30.5 Å². The first kappa shape index (κ1) is 15.0. The number of benzene rings is 1. The van der Waals surface area contributed by atoms with E-state index in [1.165, 1.54) is 5.56 Å². The van der Waals surface area contributed by atoms with Gasteiger partial charge in [0.15, 0.2) is 0 Å². The summed E-state index contributed by atoms with van der Waals surface area (Å²) in [6.45, 7) is 9.01. The highest BCUT2D eigenvalue weighted by Crippen LogP contribution is 2.20. The summed E-state index contributed by atoms with van der Waals surface area (Å²) in [5, 5.41) is 3.34. The minimum Gasteiger partial charge on any atom is -0.497 e. The lowest BCUT2D eigenvalue weighted by Crippen LogP contribution is -2.24. The number of hydrogen-bond acceptors (Lipinski definition) is 3. The zero-order chi connectivity index (χ0) is 13.4. The molecule has 0 saturated heterocycles. The van der Waals surface area contributed by atoms with E-state index in [4.69, 9.17) is 9.47 Å². The van der Waals surface area contributed by atoms with Crippen LogP contribution in [-0.4, -0.2) is 26.8 Å². The number of methoxy groups -OCH3 is 1. The van der Waals surface area contributed by atoms with Crippen LogP contribution in [-0.2, 0) is 4.74 Å². The van der Waals surface area contributed by atoms with Crippen LogP contribution < -0.4 is 10.1 Å². The Balaban J connectivity index is 2.66. The number of ether oxygens (including phenoxy) is 2. The molecule has 0 aromatic heterocycles. The number of nitrogens with one attached hydrogen (secondary N) is 1. The molecule has 0 aliphatic heterocycles. The molecule has 3 nitrogen and oxygen atoms in total.